The van der Waals surface area contributed by atoms with E-state index >= 15 is 0 Å². The number of anilines is 1. The van der Waals surface area contributed by atoms with Crippen molar-refractivity contribution in [3.63, 3.8) is 0 Å². The van der Waals surface area contributed by atoms with E-state index in [1.807, 2.05) is 12.1 Å². The summed E-state index contributed by atoms with van der Waals surface area (Å²) in [6.45, 7) is 0.856. The summed E-state index contributed by atoms with van der Waals surface area (Å²) in [7, 11) is 0. The lowest BCUT2D eigenvalue weighted by Gasteiger charge is -2.45. The second-order valence-corrected chi connectivity index (χ2v) is 6.73. The molecular formula is C18H23ClN2O. The van der Waals surface area contributed by atoms with E-state index < -0.39 is 0 Å². The molecule has 22 heavy (non-hydrogen) atoms. The van der Waals surface area contributed by atoms with E-state index in [1.165, 1.54) is 49.8 Å². The van der Waals surface area contributed by atoms with Crippen LogP contribution in [0.15, 0.2) is 18.2 Å². The van der Waals surface area contributed by atoms with Gasteiger partial charge < -0.3 is 10.1 Å². The van der Waals surface area contributed by atoms with Gasteiger partial charge in [0.05, 0.1) is 17.7 Å². The third-order valence-electron chi connectivity index (χ3n) is 5.55. The molecule has 0 amide bonds. The third-order valence-corrected chi connectivity index (χ3v) is 5.55. The van der Waals surface area contributed by atoms with Gasteiger partial charge in [0.1, 0.15) is 0 Å². The highest BCUT2D eigenvalue weighted by molar-refractivity contribution is 5.85. The first-order valence-corrected chi connectivity index (χ1v) is 8.29. The minimum Gasteiger partial charge on any atom is -0.381 e. The van der Waals surface area contributed by atoms with Crippen molar-refractivity contribution in [3.8, 4) is 6.07 Å². The zero-order chi connectivity index (χ0) is 14.2. The topological polar surface area (TPSA) is 45.0 Å². The second kappa shape index (κ2) is 6.48. The number of benzene rings is 1. The average molecular weight is 319 g/mol. The van der Waals surface area contributed by atoms with Crippen molar-refractivity contribution in [2.24, 2.45) is 11.8 Å². The number of ether oxygens (including phenoxy) is 1. The van der Waals surface area contributed by atoms with Gasteiger partial charge in [0.2, 0.25) is 0 Å². The average Bonchev–Trinajstić information content (AvgIpc) is 3.08. The molecule has 4 rings (SSSR count). The SMILES string of the molecule is Cl.N#Cc1ccc2c(c1)[C@H]1OCCC[C@H]1[C@@H](C1CCCC1)N2. The molecule has 4 heteroatoms. The number of nitriles is 1. The van der Waals surface area contributed by atoms with Gasteiger partial charge in [-0.05, 0) is 49.8 Å². The number of fused-ring (bicyclic) bond motifs is 3. The lowest BCUT2D eigenvalue weighted by molar-refractivity contribution is -0.0436. The fourth-order valence-corrected chi connectivity index (χ4v) is 4.56. The molecule has 3 atom stereocenters. The van der Waals surface area contributed by atoms with Crippen molar-refractivity contribution in [1.82, 2.24) is 0 Å². The van der Waals surface area contributed by atoms with Crippen molar-refractivity contribution in [3.05, 3.63) is 29.3 Å². The van der Waals surface area contributed by atoms with Crippen LogP contribution in [-0.2, 0) is 4.74 Å². The Morgan fingerprint density at radius 1 is 1.14 bits per heavy atom. The summed E-state index contributed by atoms with van der Waals surface area (Å²) in [5, 5.41) is 12.9. The van der Waals surface area contributed by atoms with E-state index in [0.29, 0.717) is 12.0 Å². The van der Waals surface area contributed by atoms with Gasteiger partial charge in [-0.25, -0.2) is 0 Å². The third kappa shape index (κ3) is 2.59. The predicted molar refractivity (Wildman–Crippen MR) is 89.2 cm³/mol. The Labute approximate surface area is 138 Å². The number of nitrogens with one attached hydrogen (secondary N) is 1. The van der Waals surface area contributed by atoms with Gasteiger partial charge in [0.15, 0.2) is 0 Å². The Bertz CT molecular complexity index is 577. The van der Waals surface area contributed by atoms with Crippen molar-refractivity contribution in [1.29, 1.82) is 5.26 Å². The summed E-state index contributed by atoms with van der Waals surface area (Å²) in [6.07, 6.45) is 8.06. The Morgan fingerprint density at radius 2 is 1.95 bits per heavy atom. The standard InChI is InChI=1S/C18H22N2O.ClH/c19-11-12-7-8-16-15(10-12)18-14(6-3-9-21-18)17(20-16)13-4-1-2-5-13;/h7-8,10,13-14,17-18,20H,1-6,9H2;1H/t14-,17+,18-;/m0./s1. The molecule has 1 aliphatic carbocycles. The van der Waals surface area contributed by atoms with Crippen LogP contribution < -0.4 is 5.32 Å². The highest BCUT2D eigenvalue weighted by Gasteiger charge is 2.42. The molecule has 0 aromatic heterocycles. The van der Waals surface area contributed by atoms with Crippen LogP contribution in [0.1, 0.15) is 55.8 Å². The highest BCUT2D eigenvalue weighted by atomic mass is 35.5. The Hall–Kier alpha value is -1.24. The molecule has 118 valence electrons. The van der Waals surface area contributed by atoms with Crippen molar-refractivity contribution >= 4 is 18.1 Å². The molecule has 0 spiro atoms. The lowest BCUT2D eigenvalue weighted by atomic mass is 9.74. The summed E-state index contributed by atoms with van der Waals surface area (Å²) in [4.78, 5) is 0. The maximum absolute atomic E-state index is 9.15. The van der Waals surface area contributed by atoms with Crippen LogP contribution in [0.4, 0.5) is 5.69 Å². The highest BCUT2D eigenvalue weighted by Crippen LogP contribution is 2.48. The summed E-state index contributed by atoms with van der Waals surface area (Å²) < 4.78 is 6.15. The molecular weight excluding hydrogens is 296 g/mol. The van der Waals surface area contributed by atoms with E-state index in [1.54, 1.807) is 0 Å². The first-order valence-electron chi connectivity index (χ1n) is 8.29. The van der Waals surface area contributed by atoms with Gasteiger partial charge in [-0.15, -0.1) is 12.4 Å². The van der Waals surface area contributed by atoms with Crippen LogP contribution in [0.5, 0.6) is 0 Å². The largest absolute Gasteiger partial charge is 0.381 e. The number of rotatable bonds is 1. The molecule has 0 radical (unpaired) electrons. The summed E-state index contributed by atoms with van der Waals surface area (Å²) in [5.74, 6) is 1.37. The minimum atomic E-state index is 0. The zero-order valence-electron chi connectivity index (χ0n) is 12.8. The fraction of sp³-hybridized carbons (Fsp3) is 0.611. The maximum atomic E-state index is 9.15. The van der Waals surface area contributed by atoms with Gasteiger partial charge in [-0.1, -0.05) is 12.8 Å². The van der Waals surface area contributed by atoms with E-state index in [0.717, 1.165) is 18.1 Å². The molecule has 0 unspecified atom stereocenters. The molecule has 2 aliphatic heterocycles. The Morgan fingerprint density at radius 3 is 2.73 bits per heavy atom. The van der Waals surface area contributed by atoms with Gasteiger partial charge in [-0.3, -0.25) is 0 Å². The molecule has 3 nitrogen and oxygen atoms in total. The summed E-state index contributed by atoms with van der Waals surface area (Å²) >= 11 is 0. The van der Waals surface area contributed by atoms with E-state index in [4.69, 9.17) is 10.00 Å². The molecule has 2 heterocycles. The first kappa shape index (κ1) is 15.6. The molecule has 1 N–H and O–H groups in total. The van der Waals surface area contributed by atoms with E-state index in [2.05, 4.69) is 17.5 Å². The summed E-state index contributed by atoms with van der Waals surface area (Å²) in [5.41, 5.74) is 3.13. The van der Waals surface area contributed by atoms with Crippen molar-refractivity contribution < 1.29 is 4.74 Å². The van der Waals surface area contributed by atoms with Crippen LogP contribution in [0, 0.1) is 23.2 Å². The number of hydrogen-bond donors (Lipinski definition) is 1. The van der Waals surface area contributed by atoms with Crippen molar-refractivity contribution in [2.45, 2.75) is 50.7 Å². The number of halogens is 1. The minimum absolute atomic E-state index is 0. The fourth-order valence-electron chi connectivity index (χ4n) is 4.56. The van der Waals surface area contributed by atoms with Gasteiger partial charge in [0, 0.05) is 29.8 Å². The molecule has 1 saturated heterocycles. The molecule has 0 bridgehead atoms. The van der Waals surface area contributed by atoms with Crippen molar-refractivity contribution in [2.75, 3.05) is 11.9 Å². The number of hydrogen-bond acceptors (Lipinski definition) is 3. The smallest absolute Gasteiger partial charge is 0.0991 e. The predicted octanol–water partition coefficient (Wildman–Crippen LogP) is 4.43. The molecule has 2 fully saturated rings. The van der Waals surface area contributed by atoms with Gasteiger partial charge in [0.25, 0.3) is 0 Å². The Balaban J connectivity index is 0.00000144. The molecule has 1 aromatic rings. The zero-order valence-corrected chi connectivity index (χ0v) is 13.6. The quantitative estimate of drug-likeness (QED) is 0.833. The van der Waals surface area contributed by atoms with Gasteiger partial charge in [-0.2, -0.15) is 5.26 Å². The normalized spacial score (nSPS) is 30.4. The molecule has 1 saturated carbocycles. The molecule has 1 aromatic carbocycles. The first-order chi connectivity index (χ1) is 10.4. The lowest BCUT2D eigenvalue weighted by Crippen LogP contribution is -2.45. The van der Waals surface area contributed by atoms with Crippen LogP contribution >= 0.6 is 12.4 Å². The number of nitrogens with zero attached hydrogens (tertiary/aromatic N) is 1. The van der Waals surface area contributed by atoms with Crippen LogP contribution in [0.25, 0.3) is 0 Å². The van der Waals surface area contributed by atoms with Crippen LogP contribution in [0.3, 0.4) is 0 Å². The van der Waals surface area contributed by atoms with E-state index in [9.17, 15) is 0 Å². The monoisotopic (exact) mass is 318 g/mol. The van der Waals surface area contributed by atoms with Gasteiger partial charge >= 0.3 is 0 Å². The van der Waals surface area contributed by atoms with E-state index in [-0.39, 0.29) is 18.5 Å². The second-order valence-electron chi connectivity index (χ2n) is 6.73. The summed E-state index contributed by atoms with van der Waals surface area (Å²) in [6, 6.07) is 8.82. The van der Waals surface area contributed by atoms with Crippen LogP contribution in [-0.4, -0.2) is 12.6 Å². The van der Waals surface area contributed by atoms with Crippen LogP contribution in [0.2, 0.25) is 0 Å². The Kier molecular flexibility index (Phi) is 4.61. The molecule has 3 aliphatic rings. The maximum Gasteiger partial charge on any atom is 0.0991 e.